The molecule has 1 N–H and O–H groups in total. The van der Waals surface area contributed by atoms with Crippen LogP contribution in [0.4, 0.5) is 5.95 Å². The first-order valence-electron chi connectivity index (χ1n) is 12.9. The number of aromatic nitrogens is 6. The lowest BCUT2D eigenvalue weighted by molar-refractivity contribution is -0.130. The van der Waals surface area contributed by atoms with Crippen LogP contribution in [0.25, 0.3) is 27.8 Å². The second-order valence-electron chi connectivity index (χ2n) is 10.1. The van der Waals surface area contributed by atoms with Gasteiger partial charge in [-0.2, -0.15) is 9.67 Å². The van der Waals surface area contributed by atoms with Crippen LogP contribution in [0, 0.1) is 6.92 Å². The second kappa shape index (κ2) is 9.98. The van der Waals surface area contributed by atoms with Crippen molar-refractivity contribution in [1.82, 2.24) is 44.6 Å². The van der Waals surface area contributed by atoms with Crippen molar-refractivity contribution < 1.29 is 4.79 Å². The van der Waals surface area contributed by atoms with Crippen LogP contribution >= 0.6 is 0 Å². The quantitative estimate of drug-likeness (QED) is 0.423. The molecular formula is C26H32N10O. The highest BCUT2D eigenvalue weighted by Crippen LogP contribution is 2.21. The number of likely N-dealkylation sites (tertiary alicyclic amines) is 1. The Hall–Kier alpha value is -3.70. The fraction of sp³-hybridized carbons (Fsp3) is 0.462. The minimum atomic E-state index is 0.115. The Morgan fingerprint density at radius 2 is 1.92 bits per heavy atom. The van der Waals surface area contributed by atoms with Crippen LogP contribution in [0.5, 0.6) is 0 Å². The van der Waals surface area contributed by atoms with E-state index >= 15 is 0 Å². The van der Waals surface area contributed by atoms with Gasteiger partial charge in [0.1, 0.15) is 0 Å². The molecule has 0 spiro atoms. The maximum Gasteiger partial charge on any atom is 0.225 e. The first-order valence-corrected chi connectivity index (χ1v) is 12.9. The molecule has 2 aliphatic heterocycles. The van der Waals surface area contributed by atoms with Gasteiger partial charge < -0.3 is 20.0 Å². The summed E-state index contributed by atoms with van der Waals surface area (Å²) in [4.78, 5) is 33.2. The van der Waals surface area contributed by atoms with Gasteiger partial charge in [-0.1, -0.05) is 11.3 Å². The van der Waals surface area contributed by atoms with Crippen molar-refractivity contribution in [3.63, 3.8) is 0 Å². The number of carbonyl (C=O) groups excluding carboxylic acids is 1. The Labute approximate surface area is 215 Å². The molecule has 0 radical (unpaired) electrons. The molecule has 2 saturated heterocycles. The predicted octanol–water partition coefficient (Wildman–Crippen LogP) is 1.72. The number of carbonyl (C=O) groups is 1. The lowest BCUT2D eigenvalue weighted by atomic mass is 10.2. The van der Waals surface area contributed by atoms with E-state index in [2.05, 4.69) is 48.5 Å². The topological polar surface area (TPSA) is 108 Å². The summed E-state index contributed by atoms with van der Waals surface area (Å²) in [7, 11) is 2.15. The molecule has 0 aliphatic carbocycles. The average molecular weight is 501 g/mol. The number of amides is 1. The van der Waals surface area contributed by atoms with E-state index in [0.29, 0.717) is 30.1 Å². The van der Waals surface area contributed by atoms with E-state index in [1.807, 2.05) is 36.1 Å². The van der Waals surface area contributed by atoms with Gasteiger partial charge in [0, 0.05) is 69.4 Å². The summed E-state index contributed by atoms with van der Waals surface area (Å²) in [5, 5.41) is 13.0. The number of nitrogens with zero attached hydrogens (tertiary/aromatic N) is 9. The number of piperazine rings is 1. The Kier molecular flexibility index (Phi) is 6.39. The zero-order chi connectivity index (χ0) is 25.4. The fourth-order valence-electron chi connectivity index (χ4n) is 5.09. The number of aryl methyl sites for hydroxylation is 1. The minimum absolute atomic E-state index is 0.115. The number of nitrogens with one attached hydrogen (secondary N) is 1. The Morgan fingerprint density at radius 3 is 2.78 bits per heavy atom. The number of anilines is 1. The third-order valence-electron chi connectivity index (χ3n) is 7.36. The van der Waals surface area contributed by atoms with Gasteiger partial charge in [0.25, 0.3) is 0 Å². The normalized spacial score (nSPS) is 19.2. The number of fused-ring (bicyclic) bond motifs is 2. The number of hydrogen-bond donors (Lipinski definition) is 1. The third kappa shape index (κ3) is 5.09. The van der Waals surface area contributed by atoms with Gasteiger partial charge in [-0.15, -0.1) is 5.10 Å². The SMILES string of the molecule is Cc1ccc2cc(-n3nnc4cnc(N[C@@H]5CCN(C(=O)CCN6CCN(C)CC6)C5)nc43)ccc2n1. The second-order valence-corrected chi connectivity index (χ2v) is 10.1. The van der Waals surface area contributed by atoms with E-state index in [-0.39, 0.29) is 11.9 Å². The van der Waals surface area contributed by atoms with Crippen LogP contribution in [0.2, 0.25) is 0 Å². The highest BCUT2D eigenvalue weighted by Gasteiger charge is 2.27. The largest absolute Gasteiger partial charge is 0.350 e. The molecule has 0 saturated carbocycles. The van der Waals surface area contributed by atoms with E-state index in [1.165, 1.54) is 0 Å². The molecule has 1 aromatic carbocycles. The summed E-state index contributed by atoms with van der Waals surface area (Å²) >= 11 is 0. The summed E-state index contributed by atoms with van der Waals surface area (Å²) in [6.45, 7) is 8.45. The first-order chi connectivity index (χ1) is 18.0. The monoisotopic (exact) mass is 500 g/mol. The van der Waals surface area contributed by atoms with Crippen LogP contribution in [-0.2, 0) is 4.79 Å². The zero-order valence-electron chi connectivity index (χ0n) is 21.3. The van der Waals surface area contributed by atoms with Crippen molar-refractivity contribution in [2.24, 2.45) is 0 Å². The molecule has 192 valence electrons. The average Bonchev–Trinajstić information content (AvgIpc) is 3.55. The lowest BCUT2D eigenvalue weighted by Gasteiger charge is -2.32. The lowest BCUT2D eigenvalue weighted by Crippen LogP contribution is -2.45. The number of hydrogen-bond acceptors (Lipinski definition) is 9. The van der Waals surface area contributed by atoms with E-state index < -0.39 is 0 Å². The van der Waals surface area contributed by atoms with Crippen molar-refractivity contribution in [2.75, 3.05) is 58.2 Å². The summed E-state index contributed by atoms with van der Waals surface area (Å²) < 4.78 is 1.73. The maximum atomic E-state index is 12.8. The molecular weight excluding hydrogens is 468 g/mol. The molecule has 2 fully saturated rings. The Morgan fingerprint density at radius 1 is 1.05 bits per heavy atom. The zero-order valence-corrected chi connectivity index (χ0v) is 21.3. The van der Waals surface area contributed by atoms with Crippen LogP contribution < -0.4 is 5.32 Å². The summed E-state index contributed by atoms with van der Waals surface area (Å²) in [6, 6.07) is 10.2. The molecule has 2 aliphatic rings. The molecule has 1 atom stereocenters. The van der Waals surface area contributed by atoms with E-state index in [9.17, 15) is 4.79 Å². The van der Waals surface area contributed by atoms with Gasteiger partial charge in [0.2, 0.25) is 11.9 Å². The highest BCUT2D eigenvalue weighted by atomic mass is 16.2. The minimum Gasteiger partial charge on any atom is -0.350 e. The first kappa shape index (κ1) is 23.7. The molecule has 0 unspecified atom stereocenters. The molecule has 4 aromatic rings. The van der Waals surface area contributed by atoms with Gasteiger partial charge >= 0.3 is 0 Å². The molecule has 37 heavy (non-hydrogen) atoms. The van der Waals surface area contributed by atoms with Crippen molar-refractivity contribution in [3.8, 4) is 5.69 Å². The Balaban J connectivity index is 1.11. The molecule has 5 heterocycles. The molecule has 1 amide bonds. The van der Waals surface area contributed by atoms with E-state index in [0.717, 1.165) is 68.0 Å². The molecule has 11 heteroatoms. The van der Waals surface area contributed by atoms with Crippen LogP contribution in [-0.4, -0.2) is 109 Å². The van der Waals surface area contributed by atoms with Crippen LogP contribution in [0.15, 0.2) is 36.5 Å². The van der Waals surface area contributed by atoms with Crippen molar-refractivity contribution in [2.45, 2.75) is 25.8 Å². The van der Waals surface area contributed by atoms with Gasteiger partial charge in [-0.05, 0) is 44.7 Å². The van der Waals surface area contributed by atoms with E-state index in [1.54, 1.807) is 10.9 Å². The molecule has 6 rings (SSSR count). The van der Waals surface area contributed by atoms with Crippen LogP contribution in [0.3, 0.4) is 0 Å². The number of benzene rings is 1. The van der Waals surface area contributed by atoms with Crippen molar-refractivity contribution in [3.05, 3.63) is 42.2 Å². The van der Waals surface area contributed by atoms with Crippen LogP contribution in [0.1, 0.15) is 18.5 Å². The fourth-order valence-corrected chi connectivity index (χ4v) is 5.09. The van der Waals surface area contributed by atoms with Gasteiger partial charge in [-0.3, -0.25) is 9.78 Å². The predicted molar refractivity (Wildman–Crippen MR) is 142 cm³/mol. The smallest absolute Gasteiger partial charge is 0.225 e. The standard InChI is InChI=1S/C26H32N10O/c1-18-3-4-19-15-21(5-6-22(19)28-18)36-25-23(31-32-36)16-27-26(30-25)29-20-7-10-35(17-20)24(37)8-9-34-13-11-33(2)12-14-34/h3-6,15-16,20H,7-14,17H2,1-2H3,(H,27,29,30)/t20-/m1/s1. The molecule has 3 aromatic heterocycles. The third-order valence-corrected chi connectivity index (χ3v) is 7.36. The maximum absolute atomic E-state index is 12.8. The van der Waals surface area contributed by atoms with Gasteiger partial charge in [0.05, 0.1) is 17.4 Å². The molecule has 11 nitrogen and oxygen atoms in total. The molecule has 0 bridgehead atoms. The number of likely N-dealkylation sites (N-methyl/N-ethyl adjacent to an activating group) is 1. The Bertz CT molecular complexity index is 1430. The van der Waals surface area contributed by atoms with Crippen molar-refractivity contribution >= 4 is 33.9 Å². The summed E-state index contributed by atoms with van der Waals surface area (Å²) in [6.07, 6.45) is 3.13. The number of pyridine rings is 1. The number of rotatable bonds is 6. The van der Waals surface area contributed by atoms with Gasteiger partial charge in [-0.25, -0.2) is 4.98 Å². The van der Waals surface area contributed by atoms with Crippen molar-refractivity contribution in [1.29, 1.82) is 0 Å². The van der Waals surface area contributed by atoms with Gasteiger partial charge in [0.15, 0.2) is 11.2 Å². The highest BCUT2D eigenvalue weighted by molar-refractivity contribution is 5.82. The summed E-state index contributed by atoms with van der Waals surface area (Å²) in [5.74, 6) is 0.744. The van der Waals surface area contributed by atoms with E-state index in [4.69, 9.17) is 4.98 Å². The summed E-state index contributed by atoms with van der Waals surface area (Å²) in [5.41, 5.74) is 4.05.